The number of hydrogen-bond acceptors (Lipinski definition) is 5. The van der Waals surface area contributed by atoms with Crippen LogP contribution in [0.4, 0.5) is 4.39 Å². The Labute approximate surface area is 203 Å². The summed E-state index contributed by atoms with van der Waals surface area (Å²) in [6.07, 6.45) is 4.82. The van der Waals surface area contributed by atoms with E-state index in [0.717, 1.165) is 12.8 Å². The SMILES string of the molecule is CCC(=O)N1C[C@@H](NC(=O)c2c(C)[nH]c3c(-c4cc(F)ccc4OCC4CC4)ncnc23)C[C@H]1C. The van der Waals surface area contributed by atoms with Gasteiger partial charge in [0.25, 0.3) is 5.91 Å². The Balaban J connectivity index is 1.45. The Hall–Kier alpha value is -3.49. The van der Waals surface area contributed by atoms with E-state index in [1.54, 1.807) is 13.0 Å². The summed E-state index contributed by atoms with van der Waals surface area (Å²) in [5.74, 6) is 0.532. The molecular formula is C26H30FN5O3. The number of hydrogen-bond donors (Lipinski definition) is 2. The Kier molecular flexibility index (Phi) is 6.17. The van der Waals surface area contributed by atoms with Crippen molar-refractivity contribution in [3.63, 3.8) is 0 Å². The number of fused-ring (bicyclic) bond motifs is 1. The highest BCUT2D eigenvalue weighted by Crippen LogP contribution is 2.36. The smallest absolute Gasteiger partial charge is 0.255 e. The molecule has 35 heavy (non-hydrogen) atoms. The zero-order valence-electron chi connectivity index (χ0n) is 20.2. The van der Waals surface area contributed by atoms with Gasteiger partial charge in [0, 0.05) is 36.3 Å². The number of likely N-dealkylation sites (tertiary alicyclic amines) is 1. The van der Waals surface area contributed by atoms with Crippen LogP contribution in [-0.2, 0) is 4.79 Å². The maximum atomic E-state index is 14.2. The molecule has 3 aromatic rings. The number of carbonyl (C=O) groups excluding carboxylic acids is 2. The van der Waals surface area contributed by atoms with E-state index in [0.29, 0.717) is 71.2 Å². The quantitative estimate of drug-likeness (QED) is 0.534. The molecule has 8 nitrogen and oxygen atoms in total. The lowest BCUT2D eigenvalue weighted by molar-refractivity contribution is -0.131. The monoisotopic (exact) mass is 479 g/mol. The highest BCUT2D eigenvalue weighted by Gasteiger charge is 2.33. The molecule has 9 heteroatoms. The van der Waals surface area contributed by atoms with E-state index in [4.69, 9.17) is 4.74 Å². The molecule has 0 unspecified atom stereocenters. The van der Waals surface area contributed by atoms with E-state index in [-0.39, 0.29) is 23.9 Å². The molecule has 2 aromatic heterocycles. The van der Waals surface area contributed by atoms with E-state index in [2.05, 4.69) is 20.3 Å². The van der Waals surface area contributed by atoms with Crippen LogP contribution in [0, 0.1) is 18.7 Å². The fourth-order valence-corrected chi connectivity index (χ4v) is 4.85. The van der Waals surface area contributed by atoms with Crippen LogP contribution < -0.4 is 10.1 Å². The number of aromatic nitrogens is 3. The van der Waals surface area contributed by atoms with E-state index in [1.807, 2.05) is 18.7 Å². The predicted molar refractivity (Wildman–Crippen MR) is 130 cm³/mol. The number of nitrogens with one attached hydrogen (secondary N) is 2. The van der Waals surface area contributed by atoms with Crippen LogP contribution in [0.2, 0.25) is 0 Å². The molecule has 2 atom stereocenters. The van der Waals surface area contributed by atoms with Crippen molar-refractivity contribution in [3.05, 3.63) is 41.6 Å². The zero-order valence-corrected chi connectivity index (χ0v) is 20.2. The molecule has 184 valence electrons. The number of nitrogens with zero attached hydrogens (tertiary/aromatic N) is 3. The van der Waals surface area contributed by atoms with E-state index in [1.165, 1.54) is 18.5 Å². The molecule has 1 saturated heterocycles. The molecule has 0 spiro atoms. The molecule has 2 fully saturated rings. The summed E-state index contributed by atoms with van der Waals surface area (Å²) in [7, 11) is 0. The van der Waals surface area contributed by atoms with Crippen molar-refractivity contribution in [1.82, 2.24) is 25.2 Å². The number of H-pyrrole nitrogens is 1. The van der Waals surface area contributed by atoms with Crippen molar-refractivity contribution in [2.75, 3.05) is 13.2 Å². The number of halogens is 1. The lowest BCUT2D eigenvalue weighted by atomic mass is 10.1. The second-order valence-electron chi connectivity index (χ2n) is 9.62. The standard InChI is InChI=1S/C26H30FN5O3/c1-4-21(33)32-11-18(9-14(32)2)31-26(34)22-15(3)30-25-23(28-13-29-24(22)25)19-10-17(27)7-8-20(19)35-12-16-5-6-16/h7-8,10,13-14,16,18,30H,4-6,9,11-12H2,1-3H3,(H,31,34)/t14-,18+/m1/s1. The summed E-state index contributed by atoms with van der Waals surface area (Å²) >= 11 is 0. The molecular weight excluding hydrogens is 449 g/mol. The first-order valence-corrected chi connectivity index (χ1v) is 12.2. The van der Waals surface area contributed by atoms with Gasteiger partial charge in [-0.1, -0.05) is 6.92 Å². The Morgan fingerprint density at radius 1 is 1.29 bits per heavy atom. The van der Waals surface area contributed by atoms with Crippen LogP contribution >= 0.6 is 0 Å². The summed E-state index contributed by atoms with van der Waals surface area (Å²) in [6.45, 7) is 6.72. The normalized spacial score (nSPS) is 19.8. The second kappa shape index (κ2) is 9.28. The van der Waals surface area contributed by atoms with Crippen molar-refractivity contribution in [2.45, 2.75) is 58.5 Å². The summed E-state index contributed by atoms with van der Waals surface area (Å²) in [4.78, 5) is 39.4. The van der Waals surface area contributed by atoms with Crippen molar-refractivity contribution < 1.29 is 18.7 Å². The number of amides is 2. The molecule has 1 aliphatic carbocycles. The average molecular weight is 480 g/mol. The fraction of sp³-hybridized carbons (Fsp3) is 0.462. The molecule has 0 radical (unpaired) electrons. The second-order valence-corrected chi connectivity index (χ2v) is 9.62. The van der Waals surface area contributed by atoms with Gasteiger partial charge < -0.3 is 19.9 Å². The van der Waals surface area contributed by atoms with Gasteiger partial charge in [-0.05, 0) is 57.2 Å². The average Bonchev–Trinajstić information content (AvgIpc) is 3.50. The number of aromatic amines is 1. The third-order valence-electron chi connectivity index (χ3n) is 6.90. The van der Waals surface area contributed by atoms with Crippen molar-refractivity contribution >= 4 is 22.8 Å². The van der Waals surface area contributed by atoms with Gasteiger partial charge in [-0.3, -0.25) is 9.59 Å². The van der Waals surface area contributed by atoms with Gasteiger partial charge >= 0.3 is 0 Å². The third-order valence-corrected chi connectivity index (χ3v) is 6.90. The van der Waals surface area contributed by atoms with Crippen LogP contribution in [0.1, 0.15) is 55.6 Å². The van der Waals surface area contributed by atoms with E-state index >= 15 is 0 Å². The van der Waals surface area contributed by atoms with Gasteiger partial charge in [0.1, 0.15) is 29.1 Å². The Bertz CT molecular complexity index is 1290. The highest BCUT2D eigenvalue weighted by atomic mass is 19.1. The minimum absolute atomic E-state index is 0.0766. The maximum absolute atomic E-state index is 14.2. The number of rotatable bonds is 7. The fourth-order valence-electron chi connectivity index (χ4n) is 4.85. The van der Waals surface area contributed by atoms with Gasteiger partial charge in [-0.2, -0.15) is 0 Å². The molecule has 3 heterocycles. The topological polar surface area (TPSA) is 100 Å². The molecule has 2 amide bonds. The lowest BCUT2D eigenvalue weighted by Crippen LogP contribution is -2.39. The zero-order chi connectivity index (χ0) is 24.7. The third kappa shape index (κ3) is 4.59. The minimum Gasteiger partial charge on any atom is -0.493 e. The van der Waals surface area contributed by atoms with Crippen molar-refractivity contribution in [2.24, 2.45) is 5.92 Å². The van der Waals surface area contributed by atoms with Crippen molar-refractivity contribution in [3.8, 4) is 17.0 Å². The van der Waals surface area contributed by atoms with Crippen LogP contribution in [0.3, 0.4) is 0 Å². The van der Waals surface area contributed by atoms with Gasteiger partial charge in [0.2, 0.25) is 5.91 Å². The van der Waals surface area contributed by atoms with Crippen LogP contribution in [-0.4, -0.2) is 56.9 Å². The number of benzene rings is 1. The van der Waals surface area contributed by atoms with Crippen LogP contribution in [0.25, 0.3) is 22.3 Å². The van der Waals surface area contributed by atoms with Crippen molar-refractivity contribution in [1.29, 1.82) is 0 Å². The van der Waals surface area contributed by atoms with E-state index in [9.17, 15) is 14.0 Å². The highest BCUT2D eigenvalue weighted by molar-refractivity contribution is 6.09. The Morgan fingerprint density at radius 3 is 2.83 bits per heavy atom. The summed E-state index contributed by atoms with van der Waals surface area (Å²) in [5, 5.41) is 3.08. The molecule has 5 rings (SSSR count). The first-order valence-electron chi connectivity index (χ1n) is 12.2. The first kappa shape index (κ1) is 23.3. The molecule has 2 aliphatic rings. The van der Waals surface area contributed by atoms with Crippen LogP contribution in [0.15, 0.2) is 24.5 Å². The number of ether oxygens (including phenoxy) is 1. The molecule has 1 saturated carbocycles. The minimum atomic E-state index is -0.395. The number of carbonyl (C=O) groups is 2. The summed E-state index contributed by atoms with van der Waals surface area (Å²) in [5.41, 5.74) is 3.09. The molecule has 0 bridgehead atoms. The lowest BCUT2D eigenvalue weighted by Gasteiger charge is -2.20. The predicted octanol–water partition coefficient (Wildman–Crippen LogP) is 3.99. The van der Waals surface area contributed by atoms with Gasteiger partial charge in [-0.15, -0.1) is 0 Å². The molecule has 1 aromatic carbocycles. The summed E-state index contributed by atoms with van der Waals surface area (Å²) < 4.78 is 20.2. The van der Waals surface area contributed by atoms with Gasteiger partial charge in [-0.25, -0.2) is 14.4 Å². The van der Waals surface area contributed by atoms with Gasteiger partial charge in [0.05, 0.1) is 17.7 Å². The number of aryl methyl sites for hydroxylation is 1. The maximum Gasteiger partial charge on any atom is 0.255 e. The first-order chi connectivity index (χ1) is 16.9. The van der Waals surface area contributed by atoms with E-state index < -0.39 is 5.82 Å². The molecule has 2 N–H and O–H groups in total. The van der Waals surface area contributed by atoms with Gasteiger partial charge in [0.15, 0.2) is 0 Å². The largest absolute Gasteiger partial charge is 0.493 e. The van der Waals surface area contributed by atoms with Crippen LogP contribution in [0.5, 0.6) is 5.75 Å². The Morgan fingerprint density at radius 2 is 2.09 bits per heavy atom. The molecule has 1 aliphatic heterocycles. The summed E-state index contributed by atoms with van der Waals surface area (Å²) in [6, 6.07) is 4.34.